The molecule has 0 spiro atoms. The van der Waals surface area contributed by atoms with Crippen LogP contribution in [-0.2, 0) is 4.79 Å². The van der Waals surface area contributed by atoms with Gasteiger partial charge in [-0.3, -0.25) is 4.79 Å². The number of rotatable bonds is 4. The first-order valence-corrected chi connectivity index (χ1v) is 5.30. The summed E-state index contributed by atoms with van der Waals surface area (Å²) in [5, 5.41) is 0.753. The summed E-state index contributed by atoms with van der Waals surface area (Å²) in [7, 11) is 0. The van der Waals surface area contributed by atoms with Crippen LogP contribution < -0.4 is 0 Å². The lowest BCUT2D eigenvalue weighted by molar-refractivity contribution is -0.109. The van der Waals surface area contributed by atoms with Crippen molar-refractivity contribution in [3.05, 3.63) is 33.8 Å². The maximum Gasteiger partial charge on any atom is 0.174 e. The Kier molecular flexibility index (Phi) is 4.30. The van der Waals surface area contributed by atoms with Gasteiger partial charge in [0.2, 0.25) is 0 Å². The van der Waals surface area contributed by atoms with Crippen LogP contribution in [-0.4, -0.2) is 12.1 Å². The molecule has 0 saturated carbocycles. The van der Waals surface area contributed by atoms with Gasteiger partial charge in [-0.05, 0) is 24.6 Å². The molecule has 0 radical (unpaired) electrons. The predicted octanol–water partition coefficient (Wildman–Crippen LogP) is 3.40. The van der Waals surface area contributed by atoms with Crippen molar-refractivity contribution >= 4 is 35.3 Å². The van der Waals surface area contributed by atoms with Crippen molar-refractivity contribution in [1.82, 2.24) is 0 Å². The molecule has 80 valence electrons. The summed E-state index contributed by atoms with van der Waals surface area (Å²) < 4.78 is 0. The first kappa shape index (κ1) is 12.2. The molecule has 1 unspecified atom stereocenters. The third-order valence-electron chi connectivity index (χ3n) is 2.14. The molecule has 0 aliphatic rings. The highest BCUT2D eigenvalue weighted by Crippen LogP contribution is 2.23. The highest BCUT2D eigenvalue weighted by Gasteiger charge is 2.19. The SMILES string of the molecule is CCC(C=O)C(=O)c1ccc(Cl)cc1Cl. The molecule has 1 rings (SSSR count). The molecule has 0 amide bonds. The maximum atomic E-state index is 11.8. The molecule has 1 aromatic rings. The van der Waals surface area contributed by atoms with E-state index >= 15 is 0 Å². The van der Waals surface area contributed by atoms with E-state index in [1.807, 2.05) is 0 Å². The van der Waals surface area contributed by atoms with E-state index in [1.165, 1.54) is 6.07 Å². The first-order chi connectivity index (χ1) is 7.10. The molecule has 0 N–H and O–H groups in total. The third kappa shape index (κ3) is 2.80. The van der Waals surface area contributed by atoms with Gasteiger partial charge in [0, 0.05) is 10.6 Å². The van der Waals surface area contributed by atoms with E-state index < -0.39 is 5.92 Å². The third-order valence-corrected chi connectivity index (χ3v) is 2.69. The van der Waals surface area contributed by atoms with Crippen LogP contribution in [0.25, 0.3) is 0 Å². The maximum absolute atomic E-state index is 11.8. The molecule has 0 aliphatic carbocycles. The van der Waals surface area contributed by atoms with Gasteiger partial charge in [0.15, 0.2) is 5.78 Å². The van der Waals surface area contributed by atoms with Crippen molar-refractivity contribution in [2.24, 2.45) is 5.92 Å². The van der Waals surface area contributed by atoms with E-state index in [0.29, 0.717) is 23.3 Å². The predicted molar refractivity (Wildman–Crippen MR) is 60.6 cm³/mol. The van der Waals surface area contributed by atoms with E-state index in [0.717, 1.165) is 0 Å². The van der Waals surface area contributed by atoms with Crippen LogP contribution in [0.2, 0.25) is 10.0 Å². The van der Waals surface area contributed by atoms with Crippen LogP contribution in [0.4, 0.5) is 0 Å². The monoisotopic (exact) mass is 244 g/mol. The van der Waals surface area contributed by atoms with Crippen LogP contribution in [0.3, 0.4) is 0 Å². The highest BCUT2D eigenvalue weighted by molar-refractivity contribution is 6.37. The fraction of sp³-hybridized carbons (Fsp3) is 0.273. The van der Waals surface area contributed by atoms with E-state index in [9.17, 15) is 9.59 Å². The van der Waals surface area contributed by atoms with Crippen LogP contribution in [0.15, 0.2) is 18.2 Å². The average Bonchev–Trinajstić information content (AvgIpc) is 2.19. The Morgan fingerprint density at radius 1 is 1.47 bits per heavy atom. The topological polar surface area (TPSA) is 34.1 Å². The number of benzene rings is 1. The lowest BCUT2D eigenvalue weighted by atomic mass is 9.97. The van der Waals surface area contributed by atoms with Gasteiger partial charge in [-0.15, -0.1) is 0 Å². The van der Waals surface area contributed by atoms with E-state index in [4.69, 9.17) is 23.2 Å². The van der Waals surface area contributed by atoms with E-state index in [1.54, 1.807) is 19.1 Å². The van der Waals surface area contributed by atoms with Gasteiger partial charge in [-0.2, -0.15) is 0 Å². The minimum atomic E-state index is -0.622. The van der Waals surface area contributed by atoms with Gasteiger partial charge in [0.25, 0.3) is 0 Å². The zero-order chi connectivity index (χ0) is 11.4. The summed E-state index contributed by atoms with van der Waals surface area (Å²) in [6.07, 6.45) is 1.12. The lowest BCUT2D eigenvalue weighted by Gasteiger charge is -2.07. The number of hydrogen-bond donors (Lipinski definition) is 0. The molecule has 0 aromatic heterocycles. The van der Waals surface area contributed by atoms with Gasteiger partial charge < -0.3 is 4.79 Å². The highest BCUT2D eigenvalue weighted by atomic mass is 35.5. The van der Waals surface area contributed by atoms with Crippen molar-refractivity contribution in [3.8, 4) is 0 Å². The minimum Gasteiger partial charge on any atom is -0.303 e. The summed E-state index contributed by atoms with van der Waals surface area (Å²) in [5.74, 6) is -0.877. The van der Waals surface area contributed by atoms with Crippen molar-refractivity contribution in [2.45, 2.75) is 13.3 Å². The van der Waals surface area contributed by atoms with E-state index in [2.05, 4.69) is 0 Å². The molecule has 0 bridgehead atoms. The Balaban J connectivity index is 3.05. The van der Waals surface area contributed by atoms with Gasteiger partial charge in [-0.1, -0.05) is 30.1 Å². The summed E-state index contributed by atoms with van der Waals surface area (Å²) in [6, 6.07) is 4.62. The number of halogens is 2. The molecule has 2 nitrogen and oxygen atoms in total. The Morgan fingerprint density at radius 3 is 2.60 bits per heavy atom. The second kappa shape index (κ2) is 5.29. The van der Waals surface area contributed by atoms with Gasteiger partial charge >= 0.3 is 0 Å². The quantitative estimate of drug-likeness (QED) is 0.462. The summed E-state index contributed by atoms with van der Waals surface area (Å²) in [4.78, 5) is 22.4. The molecule has 1 atom stereocenters. The van der Waals surface area contributed by atoms with Gasteiger partial charge in [0.1, 0.15) is 6.29 Å². The van der Waals surface area contributed by atoms with Crippen LogP contribution >= 0.6 is 23.2 Å². The van der Waals surface area contributed by atoms with Crippen molar-refractivity contribution in [1.29, 1.82) is 0 Å². The molecule has 0 fully saturated rings. The summed E-state index contributed by atoms with van der Waals surface area (Å²) in [6.45, 7) is 1.78. The van der Waals surface area contributed by atoms with Crippen LogP contribution in [0, 0.1) is 5.92 Å². The van der Waals surface area contributed by atoms with Gasteiger partial charge in [0.05, 0.1) is 10.9 Å². The van der Waals surface area contributed by atoms with Gasteiger partial charge in [-0.25, -0.2) is 0 Å². The zero-order valence-corrected chi connectivity index (χ0v) is 9.68. The summed E-state index contributed by atoms with van der Waals surface area (Å²) in [5.41, 5.74) is 0.347. The standard InChI is InChI=1S/C11H10Cl2O2/c1-2-7(6-14)11(15)9-4-3-8(12)5-10(9)13/h3-7H,2H2,1H3. The lowest BCUT2D eigenvalue weighted by Crippen LogP contribution is -2.15. The number of carbonyl (C=O) groups excluding carboxylic acids is 2. The molecule has 1 aromatic carbocycles. The van der Waals surface area contributed by atoms with Crippen molar-refractivity contribution in [2.75, 3.05) is 0 Å². The minimum absolute atomic E-state index is 0.255. The Bertz CT molecular complexity index is 388. The Labute approximate surface area is 98.2 Å². The first-order valence-electron chi connectivity index (χ1n) is 4.54. The Hall–Kier alpha value is -0.860. The smallest absolute Gasteiger partial charge is 0.174 e. The molecule has 0 heterocycles. The largest absolute Gasteiger partial charge is 0.303 e. The second-order valence-corrected chi connectivity index (χ2v) is 3.98. The molecule has 0 saturated heterocycles. The average molecular weight is 245 g/mol. The number of ketones is 1. The van der Waals surface area contributed by atoms with Crippen LogP contribution in [0.5, 0.6) is 0 Å². The Morgan fingerprint density at radius 2 is 2.13 bits per heavy atom. The molecule has 4 heteroatoms. The van der Waals surface area contributed by atoms with Crippen molar-refractivity contribution < 1.29 is 9.59 Å². The number of carbonyl (C=O) groups is 2. The zero-order valence-electron chi connectivity index (χ0n) is 8.17. The van der Waals surface area contributed by atoms with Crippen molar-refractivity contribution in [3.63, 3.8) is 0 Å². The fourth-order valence-electron chi connectivity index (χ4n) is 1.23. The normalized spacial score (nSPS) is 12.2. The summed E-state index contributed by atoms with van der Waals surface area (Å²) >= 11 is 11.6. The number of Topliss-reactive ketones (excluding diaryl/α,β-unsaturated/α-hetero) is 1. The van der Waals surface area contributed by atoms with Crippen LogP contribution in [0.1, 0.15) is 23.7 Å². The molecule has 15 heavy (non-hydrogen) atoms. The number of aldehydes is 1. The molecule has 0 aliphatic heterocycles. The molecular formula is C11H10Cl2O2. The molecular weight excluding hydrogens is 235 g/mol. The number of hydrogen-bond acceptors (Lipinski definition) is 2. The second-order valence-electron chi connectivity index (χ2n) is 3.14. The fourth-order valence-corrected chi connectivity index (χ4v) is 1.73. The van der Waals surface area contributed by atoms with E-state index in [-0.39, 0.29) is 10.8 Å².